The summed E-state index contributed by atoms with van der Waals surface area (Å²) in [7, 11) is 1.47. The van der Waals surface area contributed by atoms with Crippen molar-refractivity contribution in [3.05, 3.63) is 59.7 Å². The predicted octanol–water partition coefficient (Wildman–Crippen LogP) is 2.69. The number of carbonyl (C=O) groups is 2. The summed E-state index contributed by atoms with van der Waals surface area (Å²) >= 11 is 0. The normalized spacial score (nSPS) is 11.7. The molecule has 0 aromatic heterocycles. The molecule has 0 aliphatic heterocycles. The molecule has 0 unspecified atom stereocenters. The maximum atomic E-state index is 12.7. The third-order valence-corrected chi connectivity index (χ3v) is 3.91. The molecule has 6 heteroatoms. The van der Waals surface area contributed by atoms with Gasteiger partial charge >= 0.3 is 0 Å². The van der Waals surface area contributed by atoms with Crippen molar-refractivity contribution >= 4 is 11.8 Å². The van der Waals surface area contributed by atoms with Crippen LogP contribution in [0.3, 0.4) is 0 Å². The second kappa shape index (κ2) is 8.89. The van der Waals surface area contributed by atoms with Crippen molar-refractivity contribution in [3.8, 4) is 11.5 Å². The molecule has 0 aliphatic rings. The molecule has 0 saturated carbocycles. The Balaban J connectivity index is 2.19. The molecule has 0 spiro atoms. The summed E-state index contributed by atoms with van der Waals surface area (Å²) in [6.07, 6.45) is 0. The Hall–Kier alpha value is -3.02. The number of hydrogen-bond donors (Lipinski definition) is 2. The number of methoxy groups -OCH3 is 1. The summed E-state index contributed by atoms with van der Waals surface area (Å²) in [5.41, 5.74) is 6.56. The van der Waals surface area contributed by atoms with E-state index < -0.39 is 5.91 Å². The average molecular weight is 356 g/mol. The van der Waals surface area contributed by atoms with Crippen molar-refractivity contribution in [2.75, 3.05) is 13.7 Å². The van der Waals surface area contributed by atoms with Crippen LogP contribution in [0.5, 0.6) is 11.5 Å². The molecule has 0 radical (unpaired) electrons. The molecule has 2 aromatic rings. The van der Waals surface area contributed by atoms with Gasteiger partial charge in [0.15, 0.2) is 18.1 Å². The Labute approximate surface area is 153 Å². The molecule has 0 aliphatic carbocycles. The Kier molecular flexibility index (Phi) is 6.60. The van der Waals surface area contributed by atoms with E-state index in [0.29, 0.717) is 17.1 Å². The highest BCUT2D eigenvalue weighted by molar-refractivity contribution is 5.95. The topological polar surface area (TPSA) is 90.7 Å². The highest BCUT2D eigenvalue weighted by Crippen LogP contribution is 2.29. The van der Waals surface area contributed by atoms with Crippen molar-refractivity contribution in [1.29, 1.82) is 0 Å². The van der Waals surface area contributed by atoms with Gasteiger partial charge in [0.25, 0.3) is 11.8 Å². The zero-order chi connectivity index (χ0) is 19.1. The van der Waals surface area contributed by atoms with E-state index in [4.69, 9.17) is 15.2 Å². The highest BCUT2D eigenvalue weighted by Gasteiger charge is 2.20. The van der Waals surface area contributed by atoms with Gasteiger partial charge in [0.1, 0.15) is 0 Å². The third-order valence-electron chi connectivity index (χ3n) is 3.91. The van der Waals surface area contributed by atoms with Crippen molar-refractivity contribution in [3.63, 3.8) is 0 Å². The zero-order valence-electron chi connectivity index (χ0n) is 15.2. The van der Waals surface area contributed by atoms with E-state index in [9.17, 15) is 9.59 Å². The Bertz CT molecular complexity index is 760. The van der Waals surface area contributed by atoms with E-state index >= 15 is 0 Å². The van der Waals surface area contributed by atoms with E-state index in [2.05, 4.69) is 19.2 Å². The largest absolute Gasteiger partial charge is 0.493 e. The molecule has 0 fully saturated rings. The second-order valence-corrected chi connectivity index (χ2v) is 6.23. The van der Waals surface area contributed by atoms with E-state index in [1.165, 1.54) is 7.11 Å². The molecule has 26 heavy (non-hydrogen) atoms. The van der Waals surface area contributed by atoms with Crippen LogP contribution in [0.1, 0.15) is 35.8 Å². The second-order valence-electron chi connectivity index (χ2n) is 6.23. The Morgan fingerprint density at radius 2 is 1.77 bits per heavy atom. The molecular weight excluding hydrogens is 332 g/mol. The van der Waals surface area contributed by atoms with Gasteiger partial charge in [-0.25, -0.2) is 0 Å². The molecule has 0 saturated heterocycles. The highest BCUT2D eigenvalue weighted by atomic mass is 16.5. The fraction of sp³-hybridized carbons (Fsp3) is 0.300. The van der Waals surface area contributed by atoms with Gasteiger partial charge < -0.3 is 20.5 Å². The standard InChI is InChI=1S/C20H24N2O4/c1-13(2)19(14-7-5-4-6-8-14)22-20(24)15-9-10-16(17(11-15)25-3)26-12-18(21)23/h4-11,13,19H,12H2,1-3H3,(H2,21,23)(H,22,24)/t19-/m1/s1. The number of nitrogens with two attached hydrogens (primary N) is 1. The third kappa shape index (κ3) is 4.99. The monoisotopic (exact) mass is 356 g/mol. The molecule has 0 heterocycles. The van der Waals surface area contributed by atoms with Crippen LogP contribution >= 0.6 is 0 Å². The van der Waals surface area contributed by atoms with E-state index in [0.717, 1.165) is 5.56 Å². The number of benzene rings is 2. The van der Waals surface area contributed by atoms with E-state index in [1.54, 1.807) is 18.2 Å². The number of nitrogens with one attached hydrogen (secondary N) is 1. The summed E-state index contributed by atoms with van der Waals surface area (Å²) in [6, 6.07) is 14.5. The Morgan fingerprint density at radius 1 is 1.08 bits per heavy atom. The minimum Gasteiger partial charge on any atom is -0.493 e. The number of amides is 2. The first-order chi connectivity index (χ1) is 12.4. The van der Waals surface area contributed by atoms with Crippen LogP contribution in [0.4, 0.5) is 0 Å². The van der Waals surface area contributed by atoms with Crippen LogP contribution in [-0.4, -0.2) is 25.5 Å². The van der Waals surface area contributed by atoms with Crippen LogP contribution in [-0.2, 0) is 4.79 Å². The molecule has 1 atom stereocenters. The van der Waals surface area contributed by atoms with Crippen LogP contribution in [0.25, 0.3) is 0 Å². The van der Waals surface area contributed by atoms with Crippen molar-refractivity contribution in [2.45, 2.75) is 19.9 Å². The van der Waals surface area contributed by atoms with Crippen LogP contribution in [0.2, 0.25) is 0 Å². The van der Waals surface area contributed by atoms with Crippen molar-refractivity contribution in [2.24, 2.45) is 11.7 Å². The summed E-state index contributed by atoms with van der Waals surface area (Å²) in [6.45, 7) is 3.85. The first-order valence-corrected chi connectivity index (χ1v) is 8.37. The summed E-state index contributed by atoms with van der Waals surface area (Å²) in [5, 5.41) is 3.06. The summed E-state index contributed by atoms with van der Waals surface area (Å²) in [4.78, 5) is 23.6. The molecule has 2 aromatic carbocycles. The minimum absolute atomic E-state index is 0.111. The van der Waals surface area contributed by atoms with Gasteiger partial charge in [-0.2, -0.15) is 0 Å². The number of carbonyl (C=O) groups excluding carboxylic acids is 2. The van der Waals surface area contributed by atoms with Gasteiger partial charge in [-0.05, 0) is 29.7 Å². The molecule has 3 N–H and O–H groups in total. The van der Waals surface area contributed by atoms with Crippen LogP contribution in [0, 0.1) is 5.92 Å². The van der Waals surface area contributed by atoms with Gasteiger partial charge in [-0.3, -0.25) is 9.59 Å². The first kappa shape index (κ1) is 19.3. The SMILES string of the molecule is COc1cc(C(=O)N[C@@H](c2ccccc2)C(C)C)ccc1OCC(N)=O. The van der Waals surface area contributed by atoms with E-state index in [1.807, 2.05) is 30.3 Å². The molecule has 2 amide bonds. The number of ether oxygens (including phenoxy) is 2. The fourth-order valence-corrected chi connectivity index (χ4v) is 2.60. The maximum Gasteiger partial charge on any atom is 0.255 e. The smallest absolute Gasteiger partial charge is 0.255 e. The maximum absolute atomic E-state index is 12.7. The number of primary amides is 1. The molecule has 6 nitrogen and oxygen atoms in total. The lowest BCUT2D eigenvalue weighted by Crippen LogP contribution is -2.31. The van der Waals surface area contributed by atoms with Gasteiger partial charge in [0.05, 0.1) is 13.2 Å². The lowest BCUT2D eigenvalue weighted by atomic mass is 9.95. The van der Waals surface area contributed by atoms with Gasteiger partial charge in [-0.15, -0.1) is 0 Å². The predicted molar refractivity (Wildman–Crippen MR) is 99.2 cm³/mol. The average Bonchev–Trinajstić information content (AvgIpc) is 2.64. The Morgan fingerprint density at radius 3 is 2.35 bits per heavy atom. The van der Waals surface area contributed by atoms with Crippen LogP contribution < -0.4 is 20.5 Å². The fourth-order valence-electron chi connectivity index (χ4n) is 2.60. The van der Waals surface area contributed by atoms with Crippen molar-refractivity contribution < 1.29 is 19.1 Å². The molecule has 0 bridgehead atoms. The zero-order valence-corrected chi connectivity index (χ0v) is 15.2. The summed E-state index contributed by atoms with van der Waals surface area (Å²) < 4.78 is 10.5. The lowest BCUT2D eigenvalue weighted by molar-refractivity contribution is -0.119. The minimum atomic E-state index is -0.587. The van der Waals surface area contributed by atoms with Gasteiger partial charge in [0, 0.05) is 5.56 Å². The van der Waals surface area contributed by atoms with Gasteiger partial charge in [-0.1, -0.05) is 44.2 Å². The summed E-state index contributed by atoms with van der Waals surface area (Å²) in [5.74, 6) is 0.135. The number of rotatable bonds is 8. The molecule has 2 rings (SSSR count). The molecular formula is C20H24N2O4. The number of hydrogen-bond acceptors (Lipinski definition) is 4. The quantitative estimate of drug-likeness (QED) is 0.761. The van der Waals surface area contributed by atoms with Crippen LogP contribution in [0.15, 0.2) is 48.5 Å². The van der Waals surface area contributed by atoms with Gasteiger partial charge in [0.2, 0.25) is 0 Å². The molecule has 138 valence electrons. The van der Waals surface area contributed by atoms with Crippen molar-refractivity contribution in [1.82, 2.24) is 5.32 Å². The first-order valence-electron chi connectivity index (χ1n) is 8.37. The van der Waals surface area contributed by atoms with E-state index in [-0.39, 0.29) is 24.5 Å². The lowest BCUT2D eigenvalue weighted by Gasteiger charge is -2.23.